The van der Waals surface area contributed by atoms with Crippen LogP contribution in [0.25, 0.3) is 0 Å². The van der Waals surface area contributed by atoms with Gasteiger partial charge in [0.15, 0.2) is 0 Å². The van der Waals surface area contributed by atoms with E-state index in [-0.39, 0.29) is 18.7 Å². The maximum atomic E-state index is 12.4. The zero-order valence-electron chi connectivity index (χ0n) is 7.87. The van der Waals surface area contributed by atoms with Crippen molar-refractivity contribution in [3.05, 3.63) is 23.0 Å². The Kier molecular flexibility index (Phi) is 3.52. The molecular formula is C9H10F2N4. The summed E-state index contributed by atoms with van der Waals surface area (Å²) in [5.41, 5.74) is 10.9. The molecule has 0 saturated carbocycles. The van der Waals surface area contributed by atoms with Gasteiger partial charge in [-0.1, -0.05) is 0 Å². The minimum atomic E-state index is -2.73. The molecular weight excluding hydrogens is 202 g/mol. The lowest BCUT2D eigenvalue weighted by Gasteiger charge is -2.09. The number of pyridine rings is 1. The van der Waals surface area contributed by atoms with Crippen molar-refractivity contribution in [2.45, 2.75) is 19.4 Å². The van der Waals surface area contributed by atoms with Gasteiger partial charge in [0.2, 0.25) is 0 Å². The van der Waals surface area contributed by atoms with Crippen molar-refractivity contribution in [3.8, 4) is 6.07 Å². The van der Waals surface area contributed by atoms with Crippen LogP contribution >= 0.6 is 0 Å². The van der Waals surface area contributed by atoms with Crippen LogP contribution in [-0.4, -0.2) is 4.98 Å². The molecule has 0 unspecified atom stereocenters. The molecule has 0 atom stereocenters. The second-order valence-corrected chi connectivity index (χ2v) is 2.91. The molecule has 80 valence electrons. The first kappa shape index (κ1) is 11.3. The van der Waals surface area contributed by atoms with Gasteiger partial charge >= 0.3 is 0 Å². The number of hydrogen-bond donors (Lipinski definition) is 2. The maximum Gasteiger partial charge on any atom is 0.282 e. The van der Waals surface area contributed by atoms with E-state index in [1.165, 1.54) is 6.07 Å². The van der Waals surface area contributed by atoms with Gasteiger partial charge < -0.3 is 11.5 Å². The summed E-state index contributed by atoms with van der Waals surface area (Å²) in [5.74, 6) is 0. The van der Waals surface area contributed by atoms with Crippen molar-refractivity contribution < 1.29 is 8.78 Å². The Balaban J connectivity index is 3.24. The Labute approximate surface area is 85.5 Å². The van der Waals surface area contributed by atoms with Crippen LogP contribution in [-0.2, 0) is 13.0 Å². The van der Waals surface area contributed by atoms with Crippen LogP contribution in [0.5, 0.6) is 0 Å². The molecule has 0 saturated heterocycles. The highest BCUT2D eigenvalue weighted by Crippen LogP contribution is 2.25. The van der Waals surface area contributed by atoms with Gasteiger partial charge in [-0.05, 0) is 11.6 Å². The van der Waals surface area contributed by atoms with E-state index in [1.54, 1.807) is 0 Å². The molecule has 0 fully saturated rings. The fourth-order valence-corrected chi connectivity index (χ4v) is 1.22. The van der Waals surface area contributed by atoms with Crippen LogP contribution in [0.15, 0.2) is 6.07 Å². The Morgan fingerprint density at radius 3 is 2.67 bits per heavy atom. The summed E-state index contributed by atoms with van der Waals surface area (Å²) < 4.78 is 24.8. The molecule has 15 heavy (non-hydrogen) atoms. The lowest BCUT2D eigenvalue weighted by molar-refractivity contribution is 0.146. The molecule has 0 aliphatic carbocycles. The van der Waals surface area contributed by atoms with Gasteiger partial charge in [-0.2, -0.15) is 5.26 Å². The average Bonchev–Trinajstić information content (AvgIpc) is 2.18. The molecule has 1 heterocycles. The topological polar surface area (TPSA) is 88.7 Å². The van der Waals surface area contributed by atoms with Crippen molar-refractivity contribution in [2.75, 3.05) is 5.73 Å². The van der Waals surface area contributed by atoms with Gasteiger partial charge in [-0.3, -0.25) is 0 Å². The Bertz CT molecular complexity index is 398. The first-order chi connectivity index (χ1) is 7.10. The van der Waals surface area contributed by atoms with Crippen LogP contribution in [0, 0.1) is 11.3 Å². The number of nitriles is 1. The van der Waals surface area contributed by atoms with E-state index in [1.807, 2.05) is 6.07 Å². The van der Waals surface area contributed by atoms with E-state index in [4.69, 9.17) is 16.7 Å². The summed E-state index contributed by atoms with van der Waals surface area (Å²) in [4.78, 5) is 3.66. The van der Waals surface area contributed by atoms with E-state index in [0.717, 1.165) is 0 Å². The number of alkyl halides is 2. The van der Waals surface area contributed by atoms with Crippen LogP contribution < -0.4 is 11.5 Å². The molecule has 6 heteroatoms. The highest BCUT2D eigenvalue weighted by Gasteiger charge is 2.16. The number of aromatic nitrogens is 1. The fraction of sp³-hybridized carbons (Fsp3) is 0.333. The normalized spacial score (nSPS) is 10.3. The zero-order chi connectivity index (χ0) is 11.4. The summed E-state index contributed by atoms with van der Waals surface area (Å²) in [7, 11) is 0. The minimum absolute atomic E-state index is 0.0109. The first-order valence-corrected chi connectivity index (χ1v) is 4.23. The van der Waals surface area contributed by atoms with Crippen LogP contribution in [0.3, 0.4) is 0 Å². The van der Waals surface area contributed by atoms with Crippen molar-refractivity contribution in [1.29, 1.82) is 5.26 Å². The van der Waals surface area contributed by atoms with Crippen LogP contribution in [0.2, 0.25) is 0 Å². The van der Waals surface area contributed by atoms with Gasteiger partial charge in [-0.25, -0.2) is 13.8 Å². The van der Waals surface area contributed by atoms with E-state index < -0.39 is 12.1 Å². The molecule has 1 rings (SSSR count). The summed E-state index contributed by atoms with van der Waals surface area (Å²) in [6.07, 6.45) is -2.67. The van der Waals surface area contributed by atoms with Crippen LogP contribution in [0.4, 0.5) is 14.5 Å². The lowest BCUT2D eigenvalue weighted by Crippen LogP contribution is -2.09. The zero-order valence-corrected chi connectivity index (χ0v) is 7.87. The highest BCUT2D eigenvalue weighted by atomic mass is 19.3. The third kappa shape index (κ3) is 2.39. The predicted molar refractivity (Wildman–Crippen MR) is 50.8 cm³/mol. The van der Waals surface area contributed by atoms with Crippen molar-refractivity contribution in [2.24, 2.45) is 5.73 Å². The monoisotopic (exact) mass is 212 g/mol. The number of anilines is 1. The SMILES string of the molecule is N#CCc1cc(N)c(C(F)F)nc1CN. The number of nitrogens with zero attached hydrogens (tertiary/aromatic N) is 2. The number of nitrogens with two attached hydrogens (primary N) is 2. The largest absolute Gasteiger partial charge is 0.397 e. The van der Waals surface area contributed by atoms with Crippen molar-refractivity contribution in [3.63, 3.8) is 0 Å². The predicted octanol–water partition coefficient (Wildman–Crippen LogP) is 1.13. The molecule has 0 spiro atoms. The molecule has 4 nitrogen and oxygen atoms in total. The molecule has 1 aromatic heterocycles. The Hall–Kier alpha value is -1.74. The van der Waals surface area contributed by atoms with Crippen molar-refractivity contribution in [1.82, 2.24) is 4.98 Å². The van der Waals surface area contributed by atoms with Gasteiger partial charge in [0.1, 0.15) is 5.69 Å². The van der Waals surface area contributed by atoms with E-state index in [2.05, 4.69) is 4.98 Å². The third-order valence-electron chi connectivity index (χ3n) is 1.92. The molecule has 1 aromatic rings. The van der Waals surface area contributed by atoms with Gasteiger partial charge in [0.05, 0.1) is 23.9 Å². The van der Waals surface area contributed by atoms with E-state index in [9.17, 15) is 8.78 Å². The first-order valence-electron chi connectivity index (χ1n) is 4.23. The minimum Gasteiger partial charge on any atom is -0.397 e. The lowest BCUT2D eigenvalue weighted by atomic mass is 10.1. The van der Waals surface area contributed by atoms with E-state index in [0.29, 0.717) is 11.3 Å². The van der Waals surface area contributed by atoms with Gasteiger partial charge in [0.25, 0.3) is 6.43 Å². The summed E-state index contributed by atoms with van der Waals surface area (Å²) in [6.45, 7) is 0.0109. The fourth-order valence-electron chi connectivity index (χ4n) is 1.22. The highest BCUT2D eigenvalue weighted by molar-refractivity contribution is 5.48. The van der Waals surface area contributed by atoms with Crippen molar-refractivity contribution >= 4 is 5.69 Å². The molecule has 0 aliphatic rings. The van der Waals surface area contributed by atoms with Gasteiger partial charge in [-0.15, -0.1) is 0 Å². The summed E-state index contributed by atoms with van der Waals surface area (Å²) in [5, 5.41) is 8.50. The molecule has 0 amide bonds. The number of hydrogen-bond acceptors (Lipinski definition) is 4. The summed E-state index contributed by atoms with van der Waals surface area (Å²) >= 11 is 0. The van der Waals surface area contributed by atoms with Crippen LogP contribution in [0.1, 0.15) is 23.4 Å². The average molecular weight is 212 g/mol. The summed E-state index contributed by atoms with van der Waals surface area (Å²) in [6, 6.07) is 3.23. The molecule has 0 aliphatic heterocycles. The smallest absolute Gasteiger partial charge is 0.282 e. The van der Waals surface area contributed by atoms with E-state index >= 15 is 0 Å². The molecule has 0 aromatic carbocycles. The van der Waals surface area contributed by atoms with Gasteiger partial charge in [0, 0.05) is 6.54 Å². The Morgan fingerprint density at radius 2 is 2.20 bits per heavy atom. The molecule has 0 bridgehead atoms. The second-order valence-electron chi connectivity index (χ2n) is 2.91. The second kappa shape index (κ2) is 4.66. The quantitative estimate of drug-likeness (QED) is 0.785. The standard InChI is InChI=1S/C9H10F2N4/c10-9(11)8-6(14)3-5(1-2-12)7(4-13)15-8/h3,9H,1,4,13-14H2. The molecule has 4 N–H and O–H groups in total. The number of nitrogen functional groups attached to an aromatic ring is 1. The molecule has 0 radical (unpaired) electrons. The maximum absolute atomic E-state index is 12.4. The number of halogens is 2. The Morgan fingerprint density at radius 1 is 1.53 bits per heavy atom. The third-order valence-corrected chi connectivity index (χ3v) is 1.92. The number of rotatable bonds is 3.